The minimum Gasteiger partial charge on any atom is -0.495 e. The lowest BCUT2D eigenvalue weighted by Gasteiger charge is -2.17. The summed E-state index contributed by atoms with van der Waals surface area (Å²) in [5.41, 5.74) is 1.25. The summed E-state index contributed by atoms with van der Waals surface area (Å²) in [5, 5.41) is 8.77. The van der Waals surface area contributed by atoms with Crippen LogP contribution in [-0.2, 0) is 0 Å². The number of carbonyl (C=O) groups excluding carboxylic acids is 1. The van der Waals surface area contributed by atoms with E-state index in [1.54, 1.807) is 49.0 Å². The van der Waals surface area contributed by atoms with Gasteiger partial charge in [-0.1, -0.05) is 11.8 Å². The Hall–Kier alpha value is -1.64. The second kappa shape index (κ2) is 9.32. The number of thioether (sulfide) groups is 1. The van der Waals surface area contributed by atoms with E-state index in [2.05, 4.69) is 11.8 Å². The molecule has 1 rings (SSSR count). The molecule has 0 unspecified atom stereocenters. The summed E-state index contributed by atoms with van der Waals surface area (Å²) in [6.07, 6.45) is 2.41. The second-order valence-corrected chi connectivity index (χ2v) is 5.40. The van der Waals surface area contributed by atoms with Crippen LogP contribution in [0.25, 0.3) is 0 Å². The molecule has 0 bridgehead atoms. The SMILES string of the molecule is COc1ccc(C(=O)N(C)CCSC)cc1C#CCCO. The lowest BCUT2D eigenvalue weighted by atomic mass is 10.1. The Morgan fingerprint density at radius 1 is 1.48 bits per heavy atom. The molecular weight excluding hydrogens is 286 g/mol. The van der Waals surface area contributed by atoms with Crippen molar-refractivity contribution in [3.63, 3.8) is 0 Å². The van der Waals surface area contributed by atoms with Crippen LogP contribution in [0.1, 0.15) is 22.3 Å². The third kappa shape index (κ3) is 5.33. The van der Waals surface area contributed by atoms with Crippen molar-refractivity contribution in [1.82, 2.24) is 4.90 Å². The number of amides is 1. The summed E-state index contributed by atoms with van der Waals surface area (Å²) in [7, 11) is 3.36. The molecule has 0 aromatic heterocycles. The van der Waals surface area contributed by atoms with Gasteiger partial charge in [0.25, 0.3) is 5.91 Å². The van der Waals surface area contributed by atoms with Crippen LogP contribution in [0.15, 0.2) is 18.2 Å². The van der Waals surface area contributed by atoms with Gasteiger partial charge in [-0.25, -0.2) is 0 Å². The number of rotatable bonds is 6. The van der Waals surface area contributed by atoms with Gasteiger partial charge in [-0.3, -0.25) is 4.79 Å². The predicted molar refractivity (Wildman–Crippen MR) is 86.9 cm³/mol. The highest BCUT2D eigenvalue weighted by atomic mass is 32.2. The molecular formula is C16H21NO3S. The van der Waals surface area contributed by atoms with Crippen LogP contribution in [0.5, 0.6) is 5.75 Å². The minimum atomic E-state index is -0.0306. The zero-order valence-corrected chi connectivity index (χ0v) is 13.5. The minimum absolute atomic E-state index is 0.0192. The third-order valence-corrected chi connectivity index (χ3v) is 3.47. The molecule has 5 heteroatoms. The monoisotopic (exact) mass is 307 g/mol. The lowest BCUT2D eigenvalue weighted by Crippen LogP contribution is -2.28. The van der Waals surface area contributed by atoms with E-state index in [0.717, 1.165) is 5.75 Å². The van der Waals surface area contributed by atoms with Crippen molar-refractivity contribution in [1.29, 1.82) is 0 Å². The number of hydrogen-bond acceptors (Lipinski definition) is 4. The zero-order chi connectivity index (χ0) is 15.7. The Kier molecular flexibility index (Phi) is 7.73. The van der Waals surface area contributed by atoms with Crippen molar-refractivity contribution in [3.05, 3.63) is 29.3 Å². The number of methoxy groups -OCH3 is 1. The van der Waals surface area contributed by atoms with Crippen molar-refractivity contribution in [2.24, 2.45) is 0 Å². The van der Waals surface area contributed by atoms with Crippen molar-refractivity contribution in [2.45, 2.75) is 6.42 Å². The summed E-state index contributed by atoms with van der Waals surface area (Å²) in [6.45, 7) is 0.725. The largest absolute Gasteiger partial charge is 0.495 e. The van der Waals surface area contributed by atoms with E-state index in [-0.39, 0.29) is 12.5 Å². The highest BCUT2D eigenvalue weighted by molar-refractivity contribution is 7.98. The fourth-order valence-corrected chi connectivity index (χ4v) is 2.16. The van der Waals surface area contributed by atoms with Gasteiger partial charge in [0, 0.05) is 31.3 Å². The van der Waals surface area contributed by atoms with Crippen molar-refractivity contribution in [2.75, 3.05) is 39.3 Å². The molecule has 0 heterocycles. The van der Waals surface area contributed by atoms with Gasteiger partial charge in [-0.2, -0.15) is 11.8 Å². The van der Waals surface area contributed by atoms with Crippen molar-refractivity contribution in [3.8, 4) is 17.6 Å². The Morgan fingerprint density at radius 2 is 2.24 bits per heavy atom. The van der Waals surface area contributed by atoms with Crippen LogP contribution >= 0.6 is 11.8 Å². The zero-order valence-electron chi connectivity index (χ0n) is 12.7. The molecule has 0 atom stereocenters. The van der Waals surface area contributed by atoms with Crippen LogP contribution in [0.3, 0.4) is 0 Å². The molecule has 1 N–H and O–H groups in total. The van der Waals surface area contributed by atoms with Crippen LogP contribution in [-0.4, -0.2) is 55.2 Å². The molecule has 0 saturated heterocycles. The van der Waals surface area contributed by atoms with Crippen LogP contribution in [0.4, 0.5) is 0 Å². The Labute approximate surface area is 130 Å². The standard InChI is InChI=1S/C16H21NO3S/c1-17(9-11-21-3)16(19)14-7-8-15(20-2)13(12-14)6-4-5-10-18/h7-8,12,18H,5,9-11H2,1-3H3. The topological polar surface area (TPSA) is 49.8 Å². The van der Waals surface area contributed by atoms with Gasteiger partial charge < -0.3 is 14.7 Å². The highest BCUT2D eigenvalue weighted by Gasteiger charge is 2.13. The van der Waals surface area contributed by atoms with Crippen molar-refractivity contribution >= 4 is 17.7 Å². The molecule has 0 radical (unpaired) electrons. The van der Waals surface area contributed by atoms with Crippen LogP contribution in [0, 0.1) is 11.8 Å². The van der Waals surface area contributed by atoms with E-state index in [1.165, 1.54) is 0 Å². The number of aliphatic hydroxyl groups excluding tert-OH is 1. The van der Waals surface area contributed by atoms with E-state index < -0.39 is 0 Å². The van der Waals surface area contributed by atoms with E-state index in [0.29, 0.717) is 29.8 Å². The molecule has 21 heavy (non-hydrogen) atoms. The first-order valence-corrected chi connectivity index (χ1v) is 8.05. The van der Waals surface area contributed by atoms with Gasteiger partial charge in [0.2, 0.25) is 0 Å². The van der Waals surface area contributed by atoms with E-state index in [4.69, 9.17) is 9.84 Å². The van der Waals surface area contributed by atoms with Crippen molar-refractivity contribution < 1.29 is 14.6 Å². The summed E-state index contributed by atoms with van der Waals surface area (Å²) in [4.78, 5) is 14.0. The lowest BCUT2D eigenvalue weighted by molar-refractivity contribution is 0.0803. The average molecular weight is 307 g/mol. The summed E-state index contributed by atoms with van der Waals surface area (Å²) in [5.74, 6) is 7.28. The van der Waals surface area contributed by atoms with E-state index in [1.807, 2.05) is 6.26 Å². The molecule has 4 nitrogen and oxygen atoms in total. The van der Waals surface area contributed by atoms with Crippen LogP contribution < -0.4 is 4.74 Å². The molecule has 114 valence electrons. The van der Waals surface area contributed by atoms with Gasteiger partial charge in [0.05, 0.1) is 19.3 Å². The molecule has 0 aliphatic heterocycles. The molecule has 1 aromatic carbocycles. The molecule has 1 aromatic rings. The van der Waals surface area contributed by atoms with Crippen LogP contribution in [0.2, 0.25) is 0 Å². The second-order valence-electron chi connectivity index (χ2n) is 4.41. The van der Waals surface area contributed by atoms with Gasteiger partial charge in [0.15, 0.2) is 0 Å². The van der Waals surface area contributed by atoms with E-state index in [9.17, 15) is 4.79 Å². The number of hydrogen-bond donors (Lipinski definition) is 1. The number of benzene rings is 1. The number of aliphatic hydroxyl groups is 1. The third-order valence-electron chi connectivity index (χ3n) is 2.88. The first-order chi connectivity index (χ1) is 10.1. The van der Waals surface area contributed by atoms with Gasteiger partial charge >= 0.3 is 0 Å². The smallest absolute Gasteiger partial charge is 0.253 e. The molecule has 0 aliphatic rings. The van der Waals surface area contributed by atoms with Gasteiger partial charge in [-0.15, -0.1) is 0 Å². The van der Waals surface area contributed by atoms with Gasteiger partial charge in [0.1, 0.15) is 5.75 Å². The quantitative estimate of drug-likeness (QED) is 0.815. The molecule has 0 aliphatic carbocycles. The Balaban J connectivity index is 2.97. The molecule has 0 spiro atoms. The number of nitrogens with zero attached hydrogens (tertiary/aromatic N) is 1. The number of ether oxygens (including phenoxy) is 1. The maximum atomic E-state index is 12.3. The maximum absolute atomic E-state index is 12.3. The van der Waals surface area contributed by atoms with Gasteiger partial charge in [-0.05, 0) is 24.5 Å². The normalized spacial score (nSPS) is 9.71. The average Bonchev–Trinajstić information content (AvgIpc) is 2.52. The number of carbonyl (C=O) groups is 1. The molecule has 1 amide bonds. The predicted octanol–water partition coefficient (Wildman–Crippen LogP) is 1.86. The fraction of sp³-hybridized carbons (Fsp3) is 0.438. The first-order valence-electron chi connectivity index (χ1n) is 6.66. The Bertz CT molecular complexity index is 534. The summed E-state index contributed by atoms with van der Waals surface area (Å²) in [6, 6.07) is 5.23. The fourth-order valence-electron chi connectivity index (χ4n) is 1.70. The maximum Gasteiger partial charge on any atom is 0.253 e. The highest BCUT2D eigenvalue weighted by Crippen LogP contribution is 2.19. The Morgan fingerprint density at radius 3 is 2.86 bits per heavy atom. The van der Waals surface area contributed by atoms with E-state index >= 15 is 0 Å². The molecule has 0 saturated carbocycles. The molecule has 0 fully saturated rings. The first kappa shape index (κ1) is 17.4. The summed E-state index contributed by atoms with van der Waals surface area (Å²) < 4.78 is 5.24. The summed E-state index contributed by atoms with van der Waals surface area (Å²) >= 11 is 1.71.